The molecule has 0 fully saturated rings. The Morgan fingerprint density at radius 2 is 1.94 bits per heavy atom. The van der Waals surface area contributed by atoms with Crippen molar-refractivity contribution < 1.29 is 14.3 Å². The van der Waals surface area contributed by atoms with Gasteiger partial charge in [-0.1, -0.05) is 19.9 Å². The summed E-state index contributed by atoms with van der Waals surface area (Å²) >= 11 is 0. The van der Waals surface area contributed by atoms with Crippen LogP contribution < -0.4 is 5.32 Å². The Morgan fingerprint density at radius 3 is 2.59 bits per heavy atom. The molecule has 0 aliphatic carbocycles. The molecule has 0 bridgehead atoms. The summed E-state index contributed by atoms with van der Waals surface area (Å²) in [7, 11) is 0. The maximum absolute atomic E-state index is 11.2. The minimum absolute atomic E-state index is 0.320. The molecule has 0 aliphatic heterocycles. The van der Waals surface area contributed by atoms with Crippen LogP contribution in [0.4, 0.5) is 0 Å². The third kappa shape index (κ3) is 10.0. The van der Waals surface area contributed by atoms with Gasteiger partial charge in [-0.3, -0.25) is 0 Å². The number of hydrogen-bond acceptors (Lipinski definition) is 4. The van der Waals surface area contributed by atoms with Crippen LogP contribution in [0.15, 0.2) is 12.2 Å². The molecule has 0 aromatic heterocycles. The molecule has 0 atom stereocenters. The van der Waals surface area contributed by atoms with E-state index in [9.17, 15) is 4.79 Å². The van der Waals surface area contributed by atoms with E-state index in [1.54, 1.807) is 6.92 Å². The van der Waals surface area contributed by atoms with E-state index in [0.29, 0.717) is 18.7 Å². The molecule has 0 radical (unpaired) electrons. The number of hydrogen-bond donors (Lipinski definition) is 1. The Hall–Kier alpha value is -0.870. The molecule has 0 heterocycles. The molecule has 0 unspecified atom stereocenters. The van der Waals surface area contributed by atoms with Crippen molar-refractivity contribution in [2.45, 2.75) is 33.1 Å². The first-order valence-electron chi connectivity index (χ1n) is 6.35. The summed E-state index contributed by atoms with van der Waals surface area (Å²) < 4.78 is 10.2. The predicted octanol–water partition coefficient (Wildman–Crippen LogP) is 1.90. The average molecular weight is 243 g/mol. The summed E-state index contributed by atoms with van der Waals surface area (Å²) in [4.78, 5) is 11.2. The van der Waals surface area contributed by atoms with Crippen LogP contribution in [0.2, 0.25) is 0 Å². The highest BCUT2D eigenvalue weighted by molar-refractivity contribution is 5.88. The van der Waals surface area contributed by atoms with E-state index in [-0.39, 0.29) is 5.97 Å². The van der Waals surface area contributed by atoms with Gasteiger partial charge in [0.05, 0.1) is 6.61 Å². The number of esters is 1. The van der Waals surface area contributed by atoms with Gasteiger partial charge in [-0.05, 0) is 26.3 Å². The molecule has 0 aromatic carbocycles. The van der Waals surface area contributed by atoms with Gasteiger partial charge in [0.1, 0.15) is 0 Å². The van der Waals surface area contributed by atoms with E-state index >= 15 is 0 Å². The van der Waals surface area contributed by atoms with E-state index in [1.165, 1.54) is 0 Å². The van der Waals surface area contributed by atoms with Crippen molar-refractivity contribution in [1.29, 1.82) is 0 Å². The number of unbranched alkanes of at least 4 members (excludes halogenated alkanes) is 1. The van der Waals surface area contributed by atoms with Crippen LogP contribution in [-0.4, -0.2) is 38.9 Å². The van der Waals surface area contributed by atoms with Gasteiger partial charge in [0.2, 0.25) is 0 Å². The summed E-state index contributed by atoms with van der Waals surface area (Å²) in [5.41, 5.74) is 0.471. The topological polar surface area (TPSA) is 47.6 Å². The fraction of sp³-hybridized carbons (Fsp3) is 0.769. The van der Waals surface area contributed by atoms with Gasteiger partial charge in [0.15, 0.2) is 0 Å². The standard InChI is InChI=1S/C13H25NO3/c1-4-6-9-16-10-7-8-14-11-12(3)13(15)17-5-2/h14H,3-11H2,1-2H3. The van der Waals surface area contributed by atoms with E-state index in [2.05, 4.69) is 18.8 Å². The minimum atomic E-state index is -0.320. The SMILES string of the molecule is C=C(CNCCCOCCCC)C(=O)OCC. The Balaban J connectivity index is 3.27. The lowest BCUT2D eigenvalue weighted by atomic mass is 10.3. The van der Waals surface area contributed by atoms with E-state index in [1.807, 2.05) is 0 Å². The summed E-state index contributed by atoms with van der Waals surface area (Å²) in [5.74, 6) is -0.320. The van der Waals surface area contributed by atoms with Gasteiger partial charge in [-0.2, -0.15) is 0 Å². The maximum Gasteiger partial charge on any atom is 0.334 e. The number of nitrogens with one attached hydrogen (secondary N) is 1. The molecule has 0 aromatic rings. The molecule has 4 heteroatoms. The van der Waals surface area contributed by atoms with Crippen LogP contribution in [0.1, 0.15) is 33.1 Å². The predicted molar refractivity (Wildman–Crippen MR) is 69.0 cm³/mol. The molecule has 0 spiro atoms. The highest BCUT2D eigenvalue weighted by Gasteiger charge is 2.05. The number of rotatable bonds is 11. The van der Waals surface area contributed by atoms with E-state index in [4.69, 9.17) is 9.47 Å². The molecule has 0 rings (SSSR count). The zero-order valence-electron chi connectivity index (χ0n) is 11.1. The highest BCUT2D eigenvalue weighted by Crippen LogP contribution is 1.93. The second kappa shape index (κ2) is 11.6. The van der Waals surface area contributed by atoms with Crippen LogP contribution in [0, 0.1) is 0 Å². The molecule has 4 nitrogen and oxygen atoms in total. The first kappa shape index (κ1) is 16.1. The molecule has 0 saturated carbocycles. The van der Waals surface area contributed by atoms with Crippen molar-refractivity contribution in [3.8, 4) is 0 Å². The Bertz CT molecular complexity index is 217. The van der Waals surface area contributed by atoms with Crippen molar-refractivity contribution in [3.63, 3.8) is 0 Å². The number of carbonyl (C=O) groups excluding carboxylic acids is 1. The van der Waals surface area contributed by atoms with Crippen molar-refractivity contribution in [2.75, 3.05) is 32.9 Å². The first-order chi connectivity index (χ1) is 8.22. The summed E-state index contributed by atoms with van der Waals surface area (Å²) in [5, 5.41) is 3.14. The fourth-order valence-electron chi connectivity index (χ4n) is 1.19. The molecule has 1 N–H and O–H groups in total. The summed E-state index contributed by atoms with van der Waals surface area (Å²) in [6.45, 7) is 10.9. The summed E-state index contributed by atoms with van der Waals surface area (Å²) in [6, 6.07) is 0. The third-order valence-electron chi connectivity index (χ3n) is 2.19. The zero-order chi connectivity index (χ0) is 12.9. The Labute approximate surface area is 104 Å². The van der Waals surface area contributed by atoms with Gasteiger partial charge in [-0.15, -0.1) is 0 Å². The number of carbonyl (C=O) groups is 1. The van der Waals surface area contributed by atoms with Crippen LogP contribution in [0.5, 0.6) is 0 Å². The van der Waals surface area contributed by atoms with Crippen molar-refractivity contribution in [2.24, 2.45) is 0 Å². The van der Waals surface area contributed by atoms with Crippen molar-refractivity contribution in [1.82, 2.24) is 5.32 Å². The Kier molecular flexibility index (Phi) is 11.0. The molecule has 0 saturated heterocycles. The van der Waals surface area contributed by atoms with E-state index < -0.39 is 0 Å². The molecule has 0 amide bonds. The van der Waals surface area contributed by atoms with Crippen LogP contribution >= 0.6 is 0 Å². The fourth-order valence-corrected chi connectivity index (χ4v) is 1.19. The van der Waals surface area contributed by atoms with Crippen LogP contribution in [0.25, 0.3) is 0 Å². The van der Waals surface area contributed by atoms with Gasteiger partial charge in [0.25, 0.3) is 0 Å². The van der Waals surface area contributed by atoms with Crippen LogP contribution in [0.3, 0.4) is 0 Å². The molecule has 0 aliphatic rings. The maximum atomic E-state index is 11.2. The monoisotopic (exact) mass is 243 g/mol. The molecular weight excluding hydrogens is 218 g/mol. The van der Waals surface area contributed by atoms with Crippen molar-refractivity contribution in [3.05, 3.63) is 12.2 Å². The molecule has 100 valence electrons. The third-order valence-corrected chi connectivity index (χ3v) is 2.19. The first-order valence-corrected chi connectivity index (χ1v) is 6.35. The largest absolute Gasteiger partial charge is 0.463 e. The zero-order valence-corrected chi connectivity index (χ0v) is 11.1. The number of ether oxygens (including phenoxy) is 2. The van der Waals surface area contributed by atoms with E-state index in [0.717, 1.165) is 39.0 Å². The summed E-state index contributed by atoms with van der Waals surface area (Å²) in [6.07, 6.45) is 3.23. The van der Waals surface area contributed by atoms with Crippen LogP contribution in [-0.2, 0) is 14.3 Å². The normalized spacial score (nSPS) is 10.2. The van der Waals surface area contributed by atoms with Gasteiger partial charge < -0.3 is 14.8 Å². The second-order valence-electron chi connectivity index (χ2n) is 3.82. The smallest absolute Gasteiger partial charge is 0.334 e. The molecular formula is C13H25NO3. The van der Waals surface area contributed by atoms with Gasteiger partial charge in [-0.25, -0.2) is 4.79 Å². The Morgan fingerprint density at radius 1 is 1.24 bits per heavy atom. The average Bonchev–Trinajstić information content (AvgIpc) is 2.32. The lowest BCUT2D eigenvalue weighted by Crippen LogP contribution is -2.23. The van der Waals surface area contributed by atoms with Gasteiger partial charge >= 0.3 is 5.97 Å². The second-order valence-corrected chi connectivity index (χ2v) is 3.82. The highest BCUT2D eigenvalue weighted by atomic mass is 16.5. The van der Waals surface area contributed by atoms with Crippen molar-refractivity contribution >= 4 is 5.97 Å². The lowest BCUT2D eigenvalue weighted by molar-refractivity contribution is -0.138. The quantitative estimate of drug-likeness (QED) is 0.342. The molecule has 17 heavy (non-hydrogen) atoms. The minimum Gasteiger partial charge on any atom is -0.463 e. The lowest BCUT2D eigenvalue weighted by Gasteiger charge is -2.07. The van der Waals surface area contributed by atoms with Gasteiger partial charge in [0, 0.05) is 25.3 Å².